The second-order valence-electron chi connectivity index (χ2n) is 2.98. The summed E-state index contributed by atoms with van der Waals surface area (Å²) in [6.07, 6.45) is 1.07. The average Bonchev–Trinajstić information content (AvgIpc) is 1.87. The van der Waals surface area contributed by atoms with Gasteiger partial charge in [-0.25, -0.2) is 0 Å². The predicted octanol–water partition coefficient (Wildman–Crippen LogP) is -0.288. The third kappa shape index (κ3) is 1.17. The molecule has 1 aliphatic heterocycles. The summed E-state index contributed by atoms with van der Waals surface area (Å²) in [5.41, 5.74) is 5.89. The highest BCUT2D eigenvalue weighted by molar-refractivity contribution is 5.00. The number of likely N-dealkylation sites (N-methyl/N-ethyl adjacent to an activating group) is 1. The van der Waals surface area contributed by atoms with Crippen molar-refractivity contribution in [3.8, 4) is 0 Å². The molecule has 60 valence electrons. The lowest BCUT2D eigenvalue weighted by Gasteiger charge is -2.43. The van der Waals surface area contributed by atoms with Gasteiger partial charge in [-0.05, 0) is 13.5 Å². The third-order valence-electron chi connectivity index (χ3n) is 2.19. The molecule has 0 aromatic carbocycles. The first-order valence-electron chi connectivity index (χ1n) is 3.77. The summed E-state index contributed by atoms with van der Waals surface area (Å²) in [6.45, 7) is 3.53. The van der Waals surface area contributed by atoms with Crippen molar-refractivity contribution in [1.82, 2.24) is 5.32 Å². The van der Waals surface area contributed by atoms with E-state index in [2.05, 4.69) is 12.2 Å². The van der Waals surface area contributed by atoms with Crippen molar-refractivity contribution < 1.29 is 4.74 Å². The molecule has 0 amide bonds. The largest absolute Gasteiger partial charge is 0.377 e. The van der Waals surface area contributed by atoms with Crippen LogP contribution >= 0.6 is 0 Å². The average molecular weight is 144 g/mol. The van der Waals surface area contributed by atoms with Crippen LogP contribution in [0.2, 0.25) is 0 Å². The quantitative estimate of drug-likeness (QED) is 0.572. The van der Waals surface area contributed by atoms with Crippen LogP contribution in [0.4, 0.5) is 0 Å². The van der Waals surface area contributed by atoms with Gasteiger partial charge < -0.3 is 15.8 Å². The molecule has 1 aliphatic rings. The van der Waals surface area contributed by atoms with Crippen molar-refractivity contribution in [1.29, 1.82) is 0 Å². The first-order chi connectivity index (χ1) is 4.73. The molecule has 1 heterocycles. The minimum atomic E-state index is -0.0938. The Bertz CT molecular complexity index is 108. The van der Waals surface area contributed by atoms with E-state index in [4.69, 9.17) is 10.5 Å². The highest BCUT2D eigenvalue weighted by atomic mass is 16.5. The lowest BCUT2D eigenvalue weighted by molar-refractivity contribution is -0.0709. The van der Waals surface area contributed by atoms with Gasteiger partial charge in [0.1, 0.15) is 0 Å². The van der Waals surface area contributed by atoms with E-state index in [1.165, 1.54) is 0 Å². The van der Waals surface area contributed by atoms with E-state index >= 15 is 0 Å². The molecule has 1 unspecified atom stereocenters. The van der Waals surface area contributed by atoms with E-state index < -0.39 is 0 Å². The Balaban J connectivity index is 2.43. The van der Waals surface area contributed by atoms with Crippen LogP contribution in [0.15, 0.2) is 0 Å². The lowest BCUT2D eigenvalue weighted by atomic mass is 9.88. The number of nitrogens with one attached hydrogen (secondary N) is 1. The van der Waals surface area contributed by atoms with E-state index in [0.29, 0.717) is 19.3 Å². The maximum atomic E-state index is 5.98. The highest BCUT2D eigenvalue weighted by Gasteiger charge is 2.40. The van der Waals surface area contributed by atoms with Crippen molar-refractivity contribution in [3.63, 3.8) is 0 Å². The fourth-order valence-corrected chi connectivity index (χ4v) is 1.44. The van der Waals surface area contributed by atoms with Crippen LogP contribution in [-0.2, 0) is 4.74 Å². The van der Waals surface area contributed by atoms with Crippen LogP contribution in [-0.4, -0.2) is 31.8 Å². The van der Waals surface area contributed by atoms with Crippen LogP contribution < -0.4 is 11.1 Å². The van der Waals surface area contributed by atoms with Crippen LogP contribution in [0.5, 0.6) is 0 Å². The fraction of sp³-hybridized carbons (Fsp3) is 1.00. The molecule has 0 aromatic heterocycles. The van der Waals surface area contributed by atoms with Gasteiger partial charge in [0.05, 0.1) is 18.8 Å². The predicted molar refractivity (Wildman–Crippen MR) is 40.9 cm³/mol. The molecule has 0 bridgehead atoms. The third-order valence-corrected chi connectivity index (χ3v) is 2.19. The van der Waals surface area contributed by atoms with Crippen LogP contribution in [0.1, 0.15) is 13.3 Å². The lowest BCUT2D eigenvalue weighted by Crippen LogP contribution is -2.68. The molecule has 1 saturated heterocycles. The molecule has 3 nitrogen and oxygen atoms in total. The standard InChI is InChI=1S/C7H16N2O/c1-3-6(9-2)7(8)4-10-5-7/h6,9H,3-5,8H2,1-2H3. The molecule has 1 rings (SSSR count). The van der Waals surface area contributed by atoms with Gasteiger partial charge in [-0.3, -0.25) is 0 Å². The number of ether oxygens (including phenoxy) is 1. The Morgan fingerprint density at radius 3 is 2.40 bits per heavy atom. The van der Waals surface area contributed by atoms with Crippen molar-refractivity contribution in [2.45, 2.75) is 24.9 Å². The van der Waals surface area contributed by atoms with E-state index in [1.807, 2.05) is 7.05 Å². The molecule has 0 saturated carbocycles. The van der Waals surface area contributed by atoms with Gasteiger partial charge in [0, 0.05) is 6.04 Å². The summed E-state index contributed by atoms with van der Waals surface area (Å²) in [7, 11) is 1.95. The molecule has 10 heavy (non-hydrogen) atoms. The molecule has 1 fully saturated rings. The monoisotopic (exact) mass is 144 g/mol. The molecule has 0 spiro atoms. The summed E-state index contributed by atoms with van der Waals surface area (Å²) >= 11 is 0. The van der Waals surface area contributed by atoms with Gasteiger partial charge in [-0.15, -0.1) is 0 Å². The van der Waals surface area contributed by atoms with Crippen LogP contribution in [0.3, 0.4) is 0 Å². The van der Waals surface area contributed by atoms with E-state index in [9.17, 15) is 0 Å². The van der Waals surface area contributed by atoms with Crippen molar-refractivity contribution >= 4 is 0 Å². The minimum absolute atomic E-state index is 0.0938. The molecule has 0 aliphatic carbocycles. The molecule has 0 aromatic rings. The Morgan fingerprint density at radius 1 is 1.70 bits per heavy atom. The fourth-order valence-electron chi connectivity index (χ4n) is 1.44. The Hall–Kier alpha value is -0.120. The van der Waals surface area contributed by atoms with Crippen molar-refractivity contribution in [2.24, 2.45) is 5.73 Å². The summed E-state index contributed by atoms with van der Waals surface area (Å²) in [4.78, 5) is 0. The zero-order chi connectivity index (χ0) is 7.61. The number of rotatable bonds is 3. The van der Waals surface area contributed by atoms with Gasteiger partial charge in [0.15, 0.2) is 0 Å². The second-order valence-corrected chi connectivity index (χ2v) is 2.98. The van der Waals surface area contributed by atoms with Gasteiger partial charge >= 0.3 is 0 Å². The smallest absolute Gasteiger partial charge is 0.0783 e. The molecule has 3 heteroatoms. The maximum Gasteiger partial charge on any atom is 0.0783 e. The second kappa shape index (κ2) is 2.86. The number of hydrogen-bond donors (Lipinski definition) is 2. The molecular weight excluding hydrogens is 128 g/mol. The van der Waals surface area contributed by atoms with Crippen LogP contribution in [0, 0.1) is 0 Å². The van der Waals surface area contributed by atoms with Crippen LogP contribution in [0.25, 0.3) is 0 Å². The summed E-state index contributed by atoms with van der Waals surface area (Å²) in [6, 6.07) is 0.404. The normalized spacial score (nSPS) is 25.5. The molecule has 1 atom stereocenters. The van der Waals surface area contributed by atoms with Gasteiger partial charge in [0.25, 0.3) is 0 Å². The van der Waals surface area contributed by atoms with E-state index in [-0.39, 0.29) is 5.54 Å². The molecular formula is C7H16N2O. The highest BCUT2D eigenvalue weighted by Crippen LogP contribution is 2.19. The zero-order valence-electron chi connectivity index (χ0n) is 6.68. The minimum Gasteiger partial charge on any atom is -0.377 e. The number of nitrogens with two attached hydrogens (primary N) is 1. The van der Waals surface area contributed by atoms with Crippen molar-refractivity contribution in [3.05, 3.63) is 0 Å². The van der Waals surface area contributed by atoms with E-state index in [0.717, 1.165) is 6.42 Å². The Morgan fingerprint density at radius 2 is 2.30 bits per heavy atom. The maximum absolute atomic E-state index is 5.98. The summed E-state index contributed by atoms with van der Waals surface area (Å²) in [5, 5.41) is 3.19. The summed E-state index contributed by atoms with van der Waals surface area (Å²) < 4.78 is 5.06. The number of hydrogen-bond acceptors (Lipinski definition) is 3. The molecule has 3 N–H and O–H groups in total. The van der Waals surface area contributed by atoms with E-state index in [1.54, 1.807) is 0 Å². The van der Waals surface area contributed by atoms with Gasteiger partial charge in [0.2, 0.25) is 0 Å². The first-order valence-corrected chi connectivity index (χ1v) is 3.77. The summed E-state index contributed by atoms with van der Waals surface area (Å²) in [5.74, 6) is 0. The Kier molecular flexibility index (Phi) is 2.28. The van der Waals surface area contributed by atoms with Gasteiger partial charge in [-0.2, -0.15) is 0 Å². The SMILES string of the molecule is CCC(NC)C1(N)COC1. The topological polar surface area (TPSA) is 47.3 Å². The van der Waals surface area contributed by atoms with Gasteiger partial charge in [-0.1, -0.05) is 6.92 Å². The first kappa shape index (κ1) is 7.98. The Labute approximate surface area is 61.9 Å². The van der Waals surface area contributed by atoms with Crippen molar-refractivity contribution in [2.75, 3.05) is 20.3 Å². The zero-order valence-corrected chi connectivity index (χ0v) is 6.68. The molecule has 0 radical (unpaired) electrons.